The molecule has 4 aliphatic rings. The maximum Gasteiger partial charge on any atom is 0.302 e. The lowest BCUT2D eigenvalue weighted by molar-refractivity contribution is -0.163. The maximum atomic E-state index is 11.5. The van der Waals surface area contributed by atoms with Gasteiger partial charge in [0, 0.05) is 25.2 Å². The molecule has 0 saturated heterocycles. The van der Waals surface area contributed by atoms with E-state index in [1.807, 2.05) is 6.92 Å². The van der Waals surface area contributed by atoms with Crippen molar-refractivity contribution in [1.82, 2.24) is 0 Å². The van der Waals surface area contributed by atoms with Gasteiger partial charge in [0.15, 0.2) is 0 Å². The molecular formula is C25H38O5. The predicted octanol–water partition coefficient (Wildman–Crippen LogP) is 4.42. The Morgan fingerprint density at radius 3 is 2.53 bits per heavy atom. The zero-order chi connectivity index (χ0) is 21.8. The van der Waals surface area contributed by atoms with Crippen molar-refractivity contribution in [1.29, 1.82) is 0 Å². The topological polar surface area (TPSA) is 72.8 Å². The summed E-state index contributed by atoms with van der Waals surface area (Å²) in [5.41, 5.74) is 1.29. The lowest BCUT2D eigenvalue weighted by Crippen LogP contribution is -2.57. The number of carbonyl (C=O) groups is 2. The van der Waals surface area contributed by atoms with Crippen molar-refractivity contribution in [2.24, 2.45) is 34.5 Å². The highest BCUT2D eigenvalue weighted by Crippen LogP contribution is 2.66. The van der Waals surface area contributed by atoms with E-state index in [0.29, 0.717) is 17.8 Å². The number of hydrogen-bond acceptors (Lipinski definition) is 5. The van der Waals surface area contributed by atoms with Crippen molar-refractivity contribution in [2.75, 3.05) is 0 Å². The summed E-state index contributed by atoms with van der Waals surface area (Å²) in [6.45, 7) is 9.56. The van der Waals surface area contributed by atoms with E-state index in [9.17, 15) is 14.7 Å². The van der Waals surface area contributed by atoms with Crippen LogP contribution in [0.25, 0.3) is 0 Å². The van der Waals surface area contributed by atoms with Crippen LogP contribution in [-0.2, 0) is 19.1 Å². The molecule has 0 aromatic rings. The molecule has 9 atom stereocenters. The molecule has 5 nitrogen and oxygen atoms in total. The molecule has 0 radical (unpaired) electrons. The molecule has 0 aromatic heterocycles. The Morgan fingerprint density at radius 1 is 1.13 bits per heavy atom. The molecule has 1 N–H and O–H groups in total. The van der Waals surface area contributed by atoms with Crippen LogP contribution in [0.2, 0.25) is 0 Å². The Balaban J connectivity index is 1.56. The molecule has 0 amide bonds. The first-order valence-corrected chi connectivity index (χ1v) is 11.8. The molecule has 0 spiro atoms. The fourth-order valence-electron chi connectivity index (χ4n) is 7.94. The third-order valence-corrected chi connectivity index (χ3v) is 9.45. The van der Waals surface area contributed by atoms with Crippen molar-refractivity contribution >= 4 is 11.9 Å². The van der Waals surface area contributed by atoms with Gasteiger partial charge in [-0.3, -0.25) is 9.59 Å². The molecule has 30 heavy (non-hydrogen) atoms. The lowest BCUT2D eigenvalue weighted by Gasteiger charge is -2.61. The molecule has 3 unspecified atom stereocenters. The lowest BCUT2D eigenvalue weighted by atomic mass is 9.45. The van der Waals surface area contributed by atoms with Crippen LogP contribution in [-0.4, -0.2) is 35.4 Å². The van der Waals surface area contributed by atoms with E-state index in [2.05, 4.69) is 19.9 Å². The zero-order valence-corrected chi connectivity index (χ0v) is 19.1. The van der Waals surface area contributed by atoms with Gasteiger partial charge in [-0.1, -0.05) is 25.5 Å². The summed E-state index contributed by atoms with van der Waals surface area (Å²) in [5, 5.41) is 11.5. The summed E-state index contributed by atoms with van der Waals surface area (Å²) in [5.74, 6) is 1.22. The van der Waals surface area contributed by atoms with Crippen LogP contribution in [0.3, 0.4) is 0 Å². The molecule has 0 aliphatic heterocycles. The van der Waals surface area contributed by atoms with Crippen LogP contribution in [0.1, 0.15) is 79.6 Å². The first kappa shape index (κ1) is 21.9. The standard InChI is InChI=1S/C25H38O5/c1-14(29-15(2)26)20-8-9-21-19-7-6-17-12-18(30-16(3)27)10-11-24(17,4)22(19)13-23(28)25(20,21)5/h9,14,17-20,22-23,28H,6-8,10-13H2,1-5H3/t14?,17-,18-,19?,20+,22?,23-,24-,25+/m0/s1. The third-order valence-electron chi connectivity index (χ3n) is 9.45. The number of esters is 2. The van der Waals surface area contributed by atoms with Gasteiger partial charge in [-0.2, -0.15) is 0 Å². The summed E-state index contributed by atoms with van der Waals surface area (Å²) in [6.07, 6.45) is 8.71. The molecule has 168 valence electrons. The first-order valence-electron chi connectivity index (χ1n) is 11.8. The number of aliphatic hydroxyl groups excluding tert-OH is 1. The number of rotatable bonds is 3. The second-order valence-corrected chi connectivity index (χ2v) is 10.8. The minimum atomic E-state index is -0.419. The van der Waals surface area contributed by atoms with Gasteiger partial charge < -0.3 is 14.6 Å². The van der Waals surface area contributed by atoms with Crippen LogP contribution in [0.15, 0.2) is 11.6 Å². The molecule has 0 aromatic carbocycles. The van der Waals surface area contributed by atoms with Crippen LogP contribution in [0, 0.1) is 34.5 Å². The van der Waals surface area contributed by atoms with Crippen LogP contribution < -0.4 is 0 Å². The van der Waals surface area contributed by atoms with E-state index in [0.717, 1.165) is 44.9 Å². The Labute approximate surface area is 180 Å². The van der Waals surface area contributed by atoms with Gasteiger partial charge in [0.2, 0.25) is 0 Å². The zero-order valence-electron chi connectivity index (χ0n) is 19.1. The van der Waals surface area contributed by atoms with E-state index in [4.69, 9.17) is 9.47 Å². The van der Waals surface area contributed by atoms with Gasteiger partial charge in [0.05, 0.1) is 6.10 Å². The smallest absolute Gasteiger partial charge is 0.302 e. The Bertz CT molecular complexity index is 744. The summed E-state index contributed by atoms with van der Waals surface area (Å²) >= 11 is 0. The molecule has 3 saturated carbocycles. The molecular weight excluding hydrogens is 380 g/mol. The van der Waals surface area contributed by atoms with E-state index in [-0.39, 0.29) is 40.9 Å². The fourth-order valence-corrected chi connectivity index (χ4v) is 7.94. The highest BCUT2D eigenvalue weighted by atomic mass is 16.5. The Hall–Kier alpha value is -1.36. The van der Waals surface area contributed by atoms with Gasteiger partial charge in [-0.15, -0.1) is 0 Å². The van der Waals surface area contributed by atoms with Crippen molar-refractivity contribution in [3.8, 4) is 0 Å². The van der Waals surface area contributed by atoms with Gasteiger partial charge in [0.1, 0.15) is 12.2 Å². The van der Waals surface area contributed by atoms with Crippen LogP contribution in [0.4, 0.5) is 0 Å². The first-order chi connectivity index (χ1) is 14.1. The molecule has 5 heteroatoms. The highest BCUT2D eigenvalue weighted by molar-refractivity contribution is 5.66. The normalized spacial score (nSPS) is 46.0. The van der Waals surface area contributed by atoms with Gasteiger partial charge in [-0.25, -0.2) is 0 Å². The molecule has 4 rings (SSSR count). The SMILES string of the molecule is CC(=O)OC(C)[C@H]1CC=C2C3CC[C@H]4C[C@@H](OC(C)=O)CC[C@]4(C)C3C[C@H](O)[C@@]21C. The summed E-state index contributed by atoms with van der Waals surface area (Å²) in [6, 6.07) is 0. The van der Waals surface area contributed by atoms with E-state index < -0.39 is 6.10 Å². The van der Waals surface area contributed by atoms with E-state index in [1.54, 1.807) is 0 Å². The summed E-state index contributed by atoms with van der Waals surface area (Å²) in [4.78, 5) is 23.0. The fraction of sp³-hybridized carbons (Fsp3) is 0.840. The monoisotopic (exact) mass is 418 g/mol. The predicted molar refractivity (Wildman–Crippen MR) is 113 cm³/mol. The molecule has 4 aliphatic carbocycles. The number of allylic oxidation sites excluding steroid dienone is 1. The largest absolute Gasteiger partial charge is 0.463 e. The number of hydrogen-bond donors (Lipinski definition) is 1. The minimum absolute atomic E-state index is 0.0514. The Kier molecular flexibility index (Phi) is 5.57. The average Bonchev–Trinajstić information content (AvgIpc) is 3.01. The summed E-state index contributed by atoms with van der Waals surface area (Å²) < 4.78 is 11.1. The second-order valence-electron chi connectivity index (χ2n) is 10.8. The average molecular weight is 419 g/mol. The number of ether oxygens (including phenoxy) is 2. The number of aliphatic hydroxyl groups is 1. The van der Waals surface area contributed by atoms with E-state index >= 15 is 0 Å². The van der Waals surface area contributed by atoms with Gasteiger partial charge >= 0.3 is 11.9 Å². The van der Waals surface area contributed by atoms with Crippen molar-refractivity contribution in [2.45, 2.75) is 97.9 Å². The molecule has 0 bridgehead atoms. The van der Waals surface area contributed by atoms with Crippen molar-refractivity contribution in [3.63, 3.8) is 0 Å². The van der Waals surface area contributed by atoms with Crippen molar-refractivity contribution < 1.29 is 24.2 Å². The Morgan fingerprint density at radius 2 is 1.87 bits per heavy atom. The maximum absolute atomic E-state index is 11.5. The quantitative estimate of drug-likeness (QED) is 0.543. The van der Waals surface area contributed by atoms with Crippen molar-refractivity contribution in [3.05, 3.63) is 11.6 Å². The number of fused-ring (bicyclic) bond motifs is 5. The van der Waals surface area contributed by atoms with Gasteiger partial charge in [-0.05, 0) is 75.0 Å². The van der Waals surface area contributed by atoms with E-state index in [1.165, 1.54) is 19.4 Å². The minimum Gasteiger partial charge on any atom is -0.463 e. The summed E-state index contributed by atoms with van der Waals surface area (Å²) in [7, 11) is 0. The van der Waals surface area contributed by atoms with Crippen LogP contribution >= 0.6 is 0 Å². The van der Waals surface area contributed by atoms with Crippen LogP contribution in [0.5, 0.6) is 0 Å². The molecule has 0 heterocycles. The second kappa shape index (κ2) is 7.65. The van der Waals surface area contributed by atoms with Gasteiger partial charge in [0.25, 0.3) is 0 Å². The third kappa shape index (κ3) is 3.32. The highest BCUT2D eigenvalue weighted by Gasteiger charge is 2.61. The number of carbonyl (C=O) groups excluding carboxylic acids is 2. The molecule has 3 fully saturated rings.